The van der Waals surface area contributed by atoms with E-state index in [1.807, 2.05) is 0 Å². The maximum Gasteiger partial charge on any atom is 0.263 e. The number of hydrogen-bond donors (Lipinski definition) is 2. The highest BCUT2D eigenvalue weighted by molar-refractivity contribution is 6.31. The molecule has 1 rings (SSSR count). The number of nitrogens with one attached hydrogen (secondary N) is 1. The predicted octanol–water partition coefficient (Wildman–Crippen LogP) is 2.53. The lowest BCUT2D eigenvalue weighted by atomic mass is 10.1. The summed E-state index contributed by atoms with van der Waals surface area (Å²) in [6.07, 6.45) is -3.33. The molecule has 0 radical (unpaired) electrons. The van der Waals surface area contributed by atoms with Crippen molar-refractivity contribution < 1.29 is 13.9 Å². The van der Waals surface area contributed by atoms with Crippen LogP contribution in [0.1, 0.15) is 23.7 Å². The zero-order valence-electron chi connectivity index (χ0n) is 8.17. The molecule has 0 heterocycles. The average Bonchev–Trinajstić information content (AvgIpc) is 2.17. The van der Waals surface area contributed by atoms with Crippen LogP contribution in [-0.4, -0.2) is 18.7 Å². The number of halogens is 3. The van der Waals surface area contributed by atoms with Crippen LogP contribution in [0, 0.1) is 0 Å². The SMILES string of the molecule is CNCC(O)c1ccc(C(F)F)cc1Cl. The van der Waals surface area contributed by atoms with E-state index in [0.29, 0.717) is 12.1 Å². The molecule has 0 bridgehead atoms. The fraction of sp³-hybridized carbons (Fsp3) is 0.400. The van der Waals surface area contributed by atoms with Crippen molar-refractivity contribution in [3.05, 3.63) is 34.3 Å². The standard InChI is InChI=1S/C10H12ClF2NO/c1-14-5-9(15)7-3-2-6(10(12)13)4-8(7)11/h2-4,9-10,14-15H,5H2,1H3. The molecule has 1 aromatic rings. The minimum atomic E-state index is -2.54. The summed E-state index contributed by atoms with van der Waals surface area (Å²) in [7, 11) is 1.69. The van der Waals surface area contributed by atoms with Crippen LogP contribution in [0.5, 0.6) is 0 Å². The first-order chi connectivity index (χ1) is 7.06. The van der Waals surface area contributed by atoms with Crippen molar-refractivity contribution in [3.63, 3.8) is 0 Å². The first-order valence-corrected chi connectivity index (χ1v) is 4.84. The van der Waals surface area contributed by atoms with Gasteiger partial charge in [-0.2, -0.15) is 0 Å². The first-order valence-electron chi connectivity index (χ1n) is 4.46. The lowest BCUT2D eigenvalue weighted by molar-refractivity contribution is 0.151. The van der Waals surface area contributed by atoms with Crippen molar-refractivity contribution in [2.75, 3.05) is 13.6 Å². The number of likely N-dealkylation sites (N-methyl/N-ethyl adjacent to an activating group) is 1. The van der Waals surface area contributed by atoms with E-state index in [2.05, 4.69) is 5.32 Å². The highest BCUT2D eigenvalue weighted by Crippen LogP contribution is 2.28. The van der Waals surface area contributed by atoms with E-state index in [1.54, 1.807) is 7.05 Å². The highest BCUT2D eigenvalue weighted by Gasteiger charge is 2.14. The molecule has 0 aliphatic rings. The van der Waals surface area contributed by atoms with Gasteiger partial charge in [0.2, 0.25) is 0 Å². The second kappa shape index (κ2) is 5.39. The molecule has 84 valence electrons. The summed E-state index contributed by atoms with van der Waals surface area (Å²) in [4.78, 5) is 0. The van der Waals surface area contributed by atoms with E-state index < -0.39 is 12.5 Å². The molecule has 1 atom stereocenters. The zero-order valence-corrected chi connectivity index (χ0v) is 8.93. The van der Waals surface area contributed by atoms with Gasteiger partial charge in [0.25, 0.3) is 6.43 Å². The molecule has 0 aromatic heterocycles. The molecule has 0 fully saturated rings. The third-order valence-corrected chi connectivity index (χ3v) is 2.36. The van der Waals surface area contributed by atoms with Crippen molar-refractivity contribution in [2.45, 2.75) is 12.5 Å². The van der Waals surface area contributed by atoms with Crippen LogP contribution >= 0.6 is 11.6 Å². The number of rotatable bonds is 4. The third kappa shape index (κ3) is 3.12. The Kier molecular flexibility index (Phi) is 4.45. The first kappa shape index (κ1) is 12.4. The molecule has 0 aliphatic carbocycles. The molecule has 1 unspecified atom stereocenters. The Labute approximate surface area is 91.9 Å². The van der Waals surface area contributed by atoms with Crippen molar-refractivity contribution in [3.8, 4) is 0 Å². The summed E-state index contributed by atoms with van der Waals surface area (Å²) in [5.74, 6) is 0. The highest BCUT2D eigenvalue weighted by atomic mass is 35.5. The molecule has 0 aliphatic heterocycles. The fourth-order valence-corrected chi connectivity index (χ4v) is 1.57. The summed E-state index contributed by atoms with van der Waals surface area (Å²) < 4.78 is 24.6. The van der Waals surface area contributed by atoms with E-state index in [0.717, 1.165) is 0 Å². The predicted molar refractivity (Wildman–Crippen MR) is 55.3 cm³/mol. The van der Waals surface area contributed by atoms with E-state index in [4.69, 9.17) is 11.6 Å². The maximum atomic E-state index is 12.3. The van der Waals surface area contributed by atoms with Crippen LogP contribution in [0.3, 0.4) is 0 Å². The molecular formula is C10H12ClF2NO. The van der Waals surface area contributed by atoms with Crippen LogP contribution < -0.4 is 5.32 Å². The van der Waals surface area contributed by atoms with E-state index in [1.165, 1.54) is 18.2 Å². The molecule has 0 saturated carbocycles. The van der Waals surface area contributed by atoms with Gasteiger partial charge in [-0.15, -0.1) is 0 Å². The van der Waals surface area contributed by atoms with E-state index in [-0.39, 0.29) is 10.6 Å². The lowest BCUT2D eigenvalue weighted by Crippen LogP contribution is -2.17. The molecule has 0 amide bonds. The monoisotopic (exact) mass is 235 g/mol. The molecule has 0 spiro atoms. The topological polar surface area (TPSA) is 32.3 Å². The second-order valence-electron chi connectivity index (χ2n) is 3.16. The Balaban J connectivity index is 2.92. The van der Waals surface area contributed by atoms with Gasteiger partial charge >= 0.3 is 0 Å². The van der Waals surface area contributed by atoms with Crippen molar-refractivity contribution in [1.29, 1.82) is 0 Å². The number of aliphatic hydroxyl groups is 1. The van der Waals surface area contributed by atoms with Gasteiger partial charge in [-0.3, -0.25) is 0 Å². The minimum absolute atomic E-state index is 0.139. The van der Waals surface area contributed by atoms with E-state index in [9.17, 15) is 13.9 Å². The normalized spacial score (nSPS) is 13.2. The second-order valence-corrected chi connectivity index (χ2v) is 3.56. The van der Waals surface area contributed by atoms with Gasteiger partial charge in [0.1, 0.15) is 0 Å². The molecule has 1 aromatic carbocycles. The lowest BCUT2D eigenvalue weighted by Gasteiger charge is -2.13. The Morgan fingerprint density at radius 2 is 2.13 bits per heavy atom. The maximum absolute atomic E-state index is 12.3. The van der Waals surface area contributed by atoms with Crippen molar-refractivity contribution in [2.24, 2.45) is 0 Å². The zero-order chi connectivity index (χ0) is 11.4. The number of alkyl halides is 2. The smallest absolute Gasteiger partial charge is 0.263 e. The summed E-state index contributed by atoms with van der Waals surface area (Å²) in [5, 5.41) is 12.5. The van der Waals surface area contributed by atoms with Gasteiger partial charge in [-0.05, 0) is 13.1 Å². The van der Waals surface area contributed by atoms with Gasteiger partial charge in [0.15, 0.2) is 0 Å². The van der Waals surface area contributed by atoms with Crippen LogP contribution in [0.15, 0.2) is 18.2 Å². The van der Waals surface area contributed by atoms with E-state index >= 15 is 0 Å². The summed E-state index contributed by atoms with van der Waals surface area (Å²) in [5.41, 5.74) is 0.316. The number of benzene rings is 1. The van der Waals surface area contributed by atoms with Gasteiger partial charge < -0.3 is 10.4 Å². The quantitative estimate of drug-likeness (QED) is 0.841. The van der Waals surface area contributed by atoms with Crippen LogP contribution in [0.4, 0.5) is 8.78 Å². The van der Waals surface area contributed by atoms with Crippen molar-refractivity contribution in [1.82, 2.24) is 5.32 Å². The molecule has 2 nitrogen and oxygen atoms in total. The Bertz CT molecular complexity index is 333. The third-order valence-electron chi connectivity index (χ3n) is 2.03. The van der Waals surface area contributed by atoms with Gasteiger partial charge in [0, 0.05) is 22.7 Å². The Morgan fingerprint density at radius 3 is 2.60 bits per heavy atom. The molecule has 2 N–H and O–H groups in total. The van der Waals surface area contributed by atoms with Gasteiger partial charge in [0.05, 0.1) is 6.10 Å². The number of hydrogen-bond acceptors (Lipinski definition) is 2. The Morgan fingerprint density at radius 1 is 1.47 bits per heavy atom. The van der Waals surface area contributed by atoms with Crippen LogP contribution in [-0.2, 0) is 0 Å². The molecule has 0 saturated heterocycles. The summed E-state index contributed by atoms with van der Waals surface area (Å²) in [6.45, 7) is 0.327. The van der Waals surface area contributed by atoms with Crippen LogP contribution in [0.25, 0.3) is 0 Å². The fourth-order valence-electron chi connectivity index (χ4n) is 1.25. The molecule has 15 heavy (non-hydrogen) atoms. The molecular weight excluding hydrogens is 224 g/mol. The minimum Gasteiger partial charge on any atom is -0.387 e. The average molecular weight is 236 g/mol. The van der Waals surface area contributed by atoms with Gasteiger partial charge in [-0.1, -0.05) is 23.7 Å². The summed E-state index contributed by atoms with van der Waals surface area (Å²) >= 11 is 5.78. The Hall–Kier alpha value is -0.710. The summed E-state index contributed by atoms with van der Waals surface area (Å²) in [6, 6.07) is 3.87. The molecule has 5 heteroatoms. The number of aliphatic hydroxyl groups excluding tert-OH is 1. The largest absolute Gasteiger partial charge is 0.387 e. The van der Waals surface area contributed by atoms with Crippen molar-refractivity contribution >= 4 is 11.6 Å². The van der Waals surface area contributed by atoms with Crippen LogP contribution in [0.2, 0.25) is 5.02 Å². The van der Waals surface area contributed by atoms with Gasteiger partial charge in [-0.25, -0.2) is 8.78 Å².